The maximum atomic E-state index is 11.5. The predicted octanol–water partition coefficient (Wildman–Crippen LogP) is 8.04. The van der Waals surface area contributed by atoms with Gasteiger partial charge in [-0.3, -0.25) is 4.79 Å². The van der Waals surface area contributed by atoms with E-state index in [4.69, 9.17) is 4.74 Å². The highest BCUT2D eigenvalue weighted by atomic mass is 16.5. The molecule has 0 spiro atoms. The lowest BCUT2D eigenvalue weighted by Crippen LogP contribution is -2.54. The van der Waals surface area contributed by atoms with E-state index in [2.05, 4.69) is 34.6 Å². The molecule has 0 aromatic carbocycles. The fourth-order valence-corrected chi connectivity index (χ4v) is 9.59. The molecule has 4 rings (SSSR count). The summed E-state index contributed by atoms with van der Waals surface area (Å²) in [5.74, 6) is 6.22. The van der Waals surface area contributed by atoms with E-state index in [0.29, 0.717) is 10.8 Å². The van der Waals surface area contributed by atoms with Gasteiger partial charge in [-0.05, 0) is 110 Å². The minimum Gasteiger partial charge on any atom is -0.463 e. The highest BCUT2D eigenvalue weighted by molar-refractivity contribution is 5.66. The molecule has 0 amide bonds. The maximum Gasteiger partial charge on any atom is 0.302 e. The van der Waals surface area contributed by atoms with E-state index >= 15 is 0 Å². The first-order valence-electron chi connectivity index (χ1n) is 13.8. The van der Waals surface area contributed by atoms with Gasteiger partial charge in [0.25, 0.3) is 0 Å². The topological polar surface area (TPSA) is 26.3 Å². The molecular weight excluding hydrogens is 380 g/mol. The summed E-state index contributed by atoms with van der Waals surface area (Å²) in [5.41, 5.74) is 1.08. The van der Waals surface area contributed by atoms with Crippen LogP contribution in [0.3, 0.4) is 0 Å². The van der Waals surface area contributed by atoms with Crippen molar-refractivity contribution in [2.75, 3.05) is 0 Å². The molecule has 4 aliphatic carbocycles. The predicted molar refractivity (Wildman–Crippen MR) is 129 cm³/mol. The molecule has 1 unspecified atom stereocenters. The first-order valence-corrected chi connectivity index (χ1v) is 13.8. The summed E-state index contributed by atoms with van der Waals surface area (Å²) in [4.78, 5) is 11.5. The van der Waals surface area contributed by atoms with E-state index in [9.17, 15) is 4.79 Å². The Bertz CT molecular complexity index is 641. The van der Waals surface area contributed by atoms with E-state index in [1.54, 1.807) is 6.92 Å². The molecule has 0 aromatic heterocycles. The number of hydrogen-bond donors (Lipinski definition) is 0. The lowest BCUT2D eigenvalue weighted by molar-refractivity contribution is -0.160. The summed E-state index contributed by atoms with van der Waals surface area (Å²) in [6.45, 7) is 14.2. The monoisotopic (exact) mass is 430 g/mol. The van der Waals surface area contributed by atoms with Crippen LogP contribution in [0.2, 0.25) is 0 Å². The summed E-state index contributed by atoms with van der Waals surface area (Å²) >= 11 is 0. The number of ether oxygens (including phenoxy) is 1. The van der Waals surface area contributed by atoms with E-state index in [-0.39, 0.29) is 12.1 Å². The second kappa shape index (κ2) is 9.02. The second-order valence-corrected chi connectivity index (χ2v) is 13.2. The molecule has 0 saturated heterocycles. The zero-order chi connectivity index (χ0) is 22.4. The van der Waals surface area contributed by atoms with Crippen molar-refractivity contribution in [3.63, 3.8) is 0 Å². The van der Waals surface area contributed by atoms with Gasteiger partial charge < -0.3 is 4.74 Å². The number of carbonyl (C=O) groups excluding carboxylic acids is 1. The lowest BCUT2D eigenvalue weighted by Gasteiger charge is -2.61. The first kappa shape index (κ1) is 23.6. The fourth-order valence-electron chi connectivity index (χ4n) is 9.59. The number of esters is 1. The third-order valence-corrected chi connectivity index (χ3v) is 11.2. The van der Waals surface area contributed by atoms with Crippen LogP contribution >= 0.6 is 0 Å². The summed E-state index contributed by atoms with van der Waals surface area (Å²) < 4.78 is 5.65. The normalized spacial score (nSPS) is 45.5. The summed E-state index contributed by atoms with van der Waals surface area (Å²) in [5, 5.41) is 0. The average Bonchev–Trinajstić information content (AvgIpc) is 3.05. The van der Waals surface area contributed by atoms with Crippen molar-refractivity contribution in [3.05, 3.63) is 0 Å². The van der Waals surface area contributed by atoms with Crippen LogP contribution in [0.15, 0.2) is 0 Å². The molecule has 0 radical (unpaired) electrons. The maximum absolute atomic E-state index is 11.5. The van der Waals surface area contributed by atoms with Gasteiger partial charge in [0.05, 0.1) is 0 Å². The molecule has 0 N–H and O–H groups in total. The van der Waals surface area contributed by atoms with E-state index in [0.717, 1.165) is 54.3 Å². The van der Waals surface area contributed by atoms with Gasteiger partial charge in [-0.1, -0.05) is 53.9 Å². The van der Waals surface area contributed by atoms with Crippen LogP contribution < -0.4 is 0 Å². The molecule has 2 nitrogen and oxygen atoms in total. The van der Waals surface area contributed by atoms with Crippen LogP contribution in [0, 0.1) is 52.3 Å². The van der Waals surface area contributed by atoms with Gasteiger partial charge in [-0.15, -0.1) is 0 Å². The van der Waals surface area contributed by atoms with E-state index in [1.165, 1.54) is 64.2 Å². The molecule has 0 bridgehead atoms. The highest BCUT2D eigenvalue weighted by Crippen LogP contribution is 2.68. The van der Waals surface area contributed by atoms with Gasteiger partial charge >= 0.3 is 5.97 Å². The summed E-state index contributed by atoms with van der Waals surface area (Å²) in [6.07, 6.45) is 16.6. The molecule has 4 fully saturated rings. The van der Waals surface area contributed by atoms with Crippen molar-refractivity contribution < 1.29 is 9.53 Å². The van der Waals surface area contributed by atoms with Crippen molar-refractivity contribution in [3.8, 4) is 0 Å². The average molecular weight is 431 g/mol. The van der Waals surface area contributed by atoms with E-state index in [1.807, 2.05) is 0 Å². The molecule has 0 heterocycles. The molecule has 2 heteroatoms. The summed E-state index contributed by atoms with van der Waals surface area (Å²) in [7, 11) is 0. The minimum atomic E-state index is -0.0877. The van der Waals surface area contributed by atoms with Gasteiger partial charge in [0.2, 0.25) is 0 Å². The van der Waals surface area contributed by atoms with Gasteiger partial charge in [0, 0.05) is 6.92 Å². The number of fused-ring (bicyclic) bond motifs is 5. The zero-order valence-electron chi connectivity index (χ0n) is 21.4. The van der Waals surface area contributed by atoms with Crippen LogP contribution in [0.4, 0.5) is 0 Å². The van der Waals surface area contributed by atoms with Crippen LogP contribution in [-0.2, 0) is 9.53 Å². The van der Waals surface area contributed by atoms with Crippen LogP contribution in [0.25, 0.3) is 0 Å². The van der Waals surface area contributed by atoms with Crippen molar-refractivity contribution in [2.24, 2.45) is 52.3 Å². The molecule has 0 aromatic rings. The number of rotatable bonds is 6. The zero-order valence-corrected chi connectivity index (χ0v) is 21.4. The smallest absolute Gasteiger partial charge is 0.302 e. The Morgan fingerprint density at radius 2 is 1.61 bits per heavy atom. The quantitative estimate of drug-likeness (QED) is 0.398. The number of carbonyl (C=O) groups is 1. The van der Waals surface area contributed by atoms with E-state index < -0.39 is 0 Å². The van der Waals surface area contributed by atoms with Crippen molar-refractivity contribution in [1.82, 2.24) is 0 Å². The highest BCUT2D eigenvalue weighted by Gasteiger charge is 2.60. The summed E-state index contributed by atoms with van der Waals surface area (Å²) in [6, 6.07) is 0. The molecule has 178 valence electrons. The van der Waals surface area contributed by atoms with Crippen LogP contribution in [0.1, 0.15) is 119 Å². The van der Waals surface area contributed by atoms with Gasteiger partial charge in [-0.2, -0.15) is 0 Å². The molecular formula is C29H50O2. The molecule has 4 saturated carbocycles. The molecule has 31 heavy (non-hydrogen) atoms. The van der Waals surface area contributed by atoms with Crippen molar-refractivity contribution in [2.45, 2.75) is 125 Å². The Kier molecular flexibility index (Phi) is 6.87. The lowest BCUT2D eigenvalue weighted by atomic mass is 9.44. The fraction of sp³-hybridized carbons (Fsp3) is 0.966. The molecule has 9 atom stereocenters. The van der Waals surface area contributed by atoms with Gasteiger partial charge in [0.1, 0.15) is 6.10 Å². The second-order valence-electron chi connectivity index (χ2n) is 13.2. The third-order valence-electron chi connectivity index (χ3n) is 11.2. The SMILES string of the molecule is CC(=O)O[C@@H]1CC[C@@]2(C)C(CC[C@H]3[C@@H]4CC[C@H]([C@H](C)CCCC(C)C)[C@@]4(C)CC[C@@H]32)C1. The van der Waals surface area contributed by atoms with Crippen molar-refractivity contribution >= 4 is 5.97 Å². The van der Waals surface area contributed by atoms with Gasteiger partial charge in [-0.25, -0.2) is 0 Å². The minimum absolute atomic E-state index is 0.0877. The third kappa shape index (κ3) is 4.35. The Hall–Kier alpha value is -0.530. The Morgan fingerprint density at radius 1 is 0.903 bits per heavy atom. The Labute approximate surface area is 192 Å². The number of hydrogen-bond acceptors (Lipinski definition) is 2. The van der Waals surface area contributed by atoms with Crippen molar-refractivity contribution in [1.29, 1.82) is 0 Å². The van der Waals surface area contributed by atoms with Gasteiger partial charge in [0.15, 0.2) is 0 Å². The Morgan fingerprint density at radius 3 is 2.32 bits per heavy atom. The van der Waals surface area contributed by atoms with Crippen LogP contribution in [-0.4, -0.2) is 12.1 Å². The molecule has 4 aliphatic rings. The molecule has 0 aliphatic heterocycles. The Balaban J connectivity index is 1.43. The standard InChI is InChI=1S/C29H50O2/c1-19(2)8-7-9-20(3)25-12-13-26-24-11-10-22-18-23(31-21(4)30)14-16-28(22,5)27(24)15-17-29(25,26)6/h19-20,22-27H,7-18H2,1-6H3/t20-,22?,23-,24+,25-,26+,27+,28+,29-/m1/s1. The van der Waals surface area contributed by atoms with Crippen LogP contribution in [0.5, 0.6) is 0 Å². The largest absolute Gasteiger partial charge is 0.463 e. The first-order chi connectivity index (χ1) is 14.6.